The third-order valence-corrected chi connectivity index (χ3v) is 3.73. The molecule has 0 unspecified atom stereocenters. The Morgan fingerprint density at radius 2 is 1.81 bits per heavy atom. The zero-order valence-corrected chi connectivity index (χ0v) is 14.7. The van der Waals surface area contributed by atoms with Crippen LogP contribution in [0.2, 0.25) is 5.02 Å². The fraction of sp³-hybridized carbons (Fsp3) is 0.118. The first-order chi connectivity index (χ1) is 12.8. The number of esters is 1. The van der Waals surface area contributed by atoms with Crippen molar-refractivity contribution in [3.8, 4) is 0 Å². The Morgan fingerprint density at radius 3 is 2.37 bits per heavy atom. The SMILES string of the molecule is CNC(=O)NC(=O)[C@@H](OC(=O)c1ccc([N+](=O)[O-])cc1Cl)c1ccccc1. The minimum atomic E-state index is -1.43. The highest BCUT2D eigenvalue weighted by atomic mass is 35.5. The van der Waals surface area contributed by atoms with E-state index in [-0.39, 0.29) is 16.3 Å². The molecule has 27 heavy (non-hydrogen) atoms. The van der Waals surface area contributed by atoms with Crippen molar-refractivity contribution in [1.82, 2.24) is 10.6 Å². The molecule has 0 saturated heterocycles. The summed E-state index contributed by atoms with van der Waals surface area (Å²) in [4.78, 5) is 46.3. The maximum absolute atomic E-state index is 12.4. The van der Waals surface area contributed by atoms with Crippen LogP contribution in [-0.2, 0) is 9.53 Å². The van der Waals surface area contributed by atoms with E-state index >= 15 is 0 Å². The molecule has 0 aliphatic rings. The number of hydrogen-bond donors (Lipinski definition) is 2. The first-order valence-electron chi connectivity index (χ1n) is 7.56. The zero-order valence-electron chi connectivity index (χ0n) is 14.0. The monoisotopic (exact) mass is 391 g/mol. The van der Waals surface area contributed by atoms with Gasteiger partial charge in [-0.05, 0) is 6.07 Å². The Bertz CT molecular complexity index is 887. The third kappa shape index (κ3) is 5.02. The first kappa shape index (κ1) is 19.9. The Labute approximate surface area is 158 Å². The maximum Gasteiger partial charge on any atom is 0.340 e. The summed E-state index contributed by atoms with van der Waals surface area (Å²) < 4.78 is 5.23. The lowest BCUT2D eigenvalue weighted by Crippen LogP contribution is -2.41. The van der Waals surface area contributed by atoms with Crippen LogP contribution in [0.15, 0.2) is 48.5 Å². The molecule has 2 aromatic carbocycles. The van der Waals surface area contributed by atoms with E-state index in [2.05, 4.69) is 5.32 Å². The van der Waals surface area contributed by atoms with Crippen LogP contribution < -0.4 is 10.6 Å². The average Bonchev–Trinajstić information content (AvgIpc) is 2.66. The van der Waals surface area contributed by atoms with Crippen LogP contribution in [0.3, 0.4) is 0 Å². The number of halogens is 1. The van der Waals surface area contributed by atoms with Gasteiger partial charge in [-0.25, -0.2) is 9.59 Å². The van der Waals surface area contributed by atoms with Crippen molar-refractivity contribution in [2.75, 3.05) is 7.05 Å². The quantitative estimate of drug-likeness (QED) is 0.458. The van der Waals surface area contributed by atoms with Crippen molar-refractivity contribution in [3.05, 3.63) is 74.8 Å². The summed E-state index contributed by atoms with van der Waals surface area (Å²) in [6.07, 6.45) is -1.43. The smallest absolute Gasteiger partial charge is 0.340 e. The lowest BCUT2D eigenvalue weighted by molar-refractivity contribution is -0.384. The van der Waals surface area contributed by atoms with Gasteiger partial charge in [-0.2, -0.15) is 0 Å². The molecule has 0 spiro atoms. The molecular formula is C17H14ClN3O6. The molecule has 0 aliphatic heterocycles. The Kier molecular flexibility index (Phi) is 6.45. The zero-order chi connectivity index (χ0) is 20.0. The molecule has 140 valence electrons. The van der Waals surface area contributed by atoms with Crippen LogP contribution >= 0.6 is 11.6 Å². The molecule has 3 amide bonds. The summed E-state index contributed by atoms with van der Waals surface area (Å²) in [5, 5.41) is 14.8. The highest BCUT2D eigenvalue weighted by Gasteiger charge is 2.28. The van der Waals surface area contributed by atoms with E-state index in [0.29, 0.717) is 5.56 Å². The van der Waals surface area contributed by atoms with Crippen molar-refractivity contribution in [3.63, 3.8) is 0 Å². The average molecular weight is 392 g/mol. The second-order valence-electron chi connectivity index (χ2n) is 5.19. The Balaban J connectivity index is 2.29. The van der Waals surface area contributed by atoms with Gasteiger partial charge in [0.05, 0.1) is 15.5 Å². The Hall–Kier alpha value is -3.46. The molecule has 0 heterocycles. The number of nitrogens with one attached hydrogen (secondary N) is 2. The second kappa shape index (κ2) is 8.77. The van der Waals surface area contributed by atoms with Crippen molar-refractivity contribution < 1.29 is 24.0 Å². The highest BCUT2D eigenvalue weighted by molar-refractivity contribution is 6.33. The molecule has 0 saturated carbocycles. The lowest BCUT2D eigenvalue weighted by Gasteiger charge is -2.17. The van der Waals surface area contributed by atoms with Crippen molar-refractivity contribution in [2.24, 2.45) is 0 Å². The fourth-order valence-electron chi connectivity index (χ4n) is 2.09. The lowest BCUT2D eigenvalue weighted by atomic mass is 10.1. The summed E-state index contributed by atoms with van der Waals surface area (Å²) in [6, 6.07) is 10.5. The number of carbonyl (C=O) groups excluding carboxylic acids is 3. The van der Waals surface area contributed by atoms with Gasteiger partial charge >= 0.3 is 12.0 Å². The van der Waals surface area contributed by atoms with Crippen LogP contribution in [0.1, 0.15) is 22.0 Å². The number of hydrogen-bond acceptors (Lipinski definition) is 6. The number of nitro groups is 1. The van der Waals surface area contributed by atoms with Crippen LogP contribution in [0.4, 0.5) is 10.5 Å². The van der Waals surface area contributed by atoms with E-state index in [1.54, 1.807) is 30.3 Å². The Morgan fingerprint density at radius 1 is 1.15 bits per heavy atom. The largest absolute Gasteiger partial charge is 0.444 e. The van der Waals surface area contributed by atoms with Gasteiger partial charge in [0.25, 0.3) is 11.6 Å². The van der Waals surface area contributed by atoms with E-state index in [0.717, 1.165) is 18.2 Å². The number of nitro benzene ring substituents is 1. The van der Waals surface area contributed by atoms with Crippen LogP contribution in [0.5, 0.6) is 0 Å². The summed E-state index contributed by atoms with van der Waals surface area (Å²) in [5.74, 6) is -1.84. The van der Waals surface area contributed by atoms with Gasteiger partial charge in [0.15, 0.2) is 0 Å². The number of amides is 3. The van der Waals surface area contributed by atoms with Crippen LogP contribution in [0.25, 0.3) is 0 Å². The van der Waals surface area contributed by atoms with E-state index in [1.807, 2.05) is 5.32 Å². The molecule has 9 nitrogen and oxygen atoms in total. The number of carbonyl (C=O) groups is 3. The fourth-order valence-corrected chi connectivity index (χ4v) is 2.35. The number of rotatable bonds is 5. The topological polar surface area (TPSA) is 128 Å². The second-order valence-corrected chi connectivity index (χ2v) is 5.59. The molecule has 0 radical (unpaired) electrons. The number of urea groups is 1. The number of non-ortho nitro benzene ring substituents is 1. The summed E-state index contributed by atoms with van der Waals surface area (Å²) in [6.45, 7) is 0. The summed E-state index contributed by atoms with van der Waals surface area (Å²) in [5.41, 5.74) is -0.130. The third-order valence-electron chi connectivity index (χ3n) is 3.41. The standard InChI is InChI=1S/C17H14ClN3O6/c1-19-17(24)20-15(22)14(10-5-3-2-4-6-10)27-16(23)12-8-7-11(21(25)26)9-13(12)18/h2-9,14H,1H3,(H2,19,20,22,24)/t14-/m0/s1. The predicted octanol–water partition coefficient (Wildman–Crippen LogP) is 2.60. The molecular weight excluding hydrogens is 378 g/mol. The maximum atomic E-state index is 12.4. The van der Waals surface area contributed by atoms with Gasteiger partial charge in [0.2, 0.25) is 6.10 Å². The van der Waals surface area contributed by atoms with Gasteiger partial charge in [-0.15, -0.1) is 0 Å². The van der Waals surface area contributed by atoms with Crippen LogP contribution in [0, 0.1) is 10.1 Å². The first-order valence-corrected chi connectivity index (χ1v) is 7.93. The molecule has 0 aromatic heterocycles. The highest BCUT2D eigenvalue weighted by Crippen LogP contribution is 2.26. The molecule has 10 heteroatoms. The van der Waals surface area contributed by atoms with E-state index in [1.165, 1.54) is 7.05 Å². The van der Waals surface area contributed by atoms with Crippen molar-refractivity contribution >= 4 is 35.2 Å². The minimum absolute atomic E-state index is 0.157. The van der Waals surface area contributed by atoms with Crippen molar-refractivity contribution in [2.45, 2.75) is 6.10 Å². The van der Waals surface area contributed by atoms with E-state index < -0.39 is 28.9 Å². The van der Waals surface area contributed by atoms with E-state index in [4.69, 9.17) is 16.3 Å². The number of nitrogens with zero attached hydrogens (tertiary/aromatic N) is 1. The normalized spacial score (nSPS) is 11.2. The number of ether oxygens (including phenoxy) is 1. The number of imide groups is 1. The number of benzene rings is 2. The molecule has 1 atom stereocenters. The van der Waals surface area contributed by atoms with Crippen LogP contribution in [-0.4, -0.2) is 29.9 Å². The van der Waals surface area contributed by atoms with Gasteiger partial charge in [-0.1, -0.05) is 41.9 Å². The van der Waals surface area contributed by atoms with Gasteiger partial charge in [0.1, 0.15) is 0 Å². The molecule has 0 fully saturated rings. The van der Waals surface area contributed by atoms with Gasteiger partial charge in [0, 0.05) is 24.7 Å². The molecule has 0 aliphatic carbocycles. The van der Waals surface area contributed by atoms with Crippen molar-refractivity contribution in [1.29, 1.82) is 0 Å². The molecule has 2 rings (SSSR count). The molecule has 2 aromatic rings. The predicted molar refractivity (Wildman–Crippen MR) is 95.3 cm³/mol. The molecule has 2 N–H and O–H groups in total. The van der Waals surface area contributed by atoms with Gasteiger partial charge in [-0.3, -0.25) is 20.2 Å². The minimum Gasteiger partial charge on any atom is -0.444 e. The summed E-state index contributed by atoms with van der Waals surface area (Å²) in [7, 11) is 1.32. The summed E-state index contributed by atoms with van der Waals surface area (Å²) >= 11 is 5.91. The molecule has 0 bridgehead atoms. The van der Waals surface area contributed by atoms with Gasteiger partial charge < -0.3 is 10.1 Å². The van der Waals surface area contributed by atoms with E-state index in [9.17, 15) is 24.5 Å².